The first-order valence-corrected chi connectivity index (χ1v) is 22.5. The summed E-state index contributed by atoms with van der Waals surface area (Å²) in [5.74, 6) is 0. The lowest BCUT2D eigenvalue weighted by Gasteiger charge is -2.19. The van der Waals surface area contributed by atoms with Crippen LogP contribution in [0.25, 0.3) is 130 Å². The maximum Gasteiger partial charge on any atom is 0.0553 e. The SMILES string of the molecule is c1ccc(-n2c3ccccc3c3cc(-c4ccc5c(c4)c4ccccc4n5-c4cc(-c5cccc6c5sc5ccccc56)cc5c6ccccc6c6ccccc6c45)ccc32)cc1. The van der Waals surface area contributed by atoms with Crippen molar-refractivity contribution < 1.29 is 0 Å². The molecule has 0 bridgehead atoms. The third-order valence-corrected chi connectivity index (χ3v) is 14.7. The minimum absolute atomic E-state index is 1.17. The molecule has 14 rings (SSSR count). The predicted molar refractivity (Wildman–Crippen MR) is 271 cm³/mol. The van der Waals surface area contributed by atoms with E-state index in [-0.39, 0.29) is 0 Å². The summed E-state index contributed by atoms with van der Waals surface area (Å²) in [6.07, 6.45) is 0. The fourth-order valence-electron chi connectivity index (χ4n) is 10.7. The van der Waals surface area contributed by atoms with Crippen molar-refractivity contribution in [1.29, 1.82) is 0 Å². The molecule has 11 aromatic carbocycles. The molecule has 14 aromatic rings. The average Bonchev–Trinajstić information content (AvgIpc) is 4.01. The van der Waals surface area contributed by atoms with Gasteiger partial charge in [-0.1, -0.05) is 152 Å². The number of para-hydroxylation sites is 3. The zero-order valence-corrected chi connectivity index (χ0v) is 34.9. The Hall–Kier alpha value is -7.98. The summed E-state index contributed by atoms with van der Waals surface area (Å²) in [7, 11) is 0. The van der Waals surface area contributed by atoms with Gasteiger partial charge >= 0.3 is 0 Å². The molecular weight excluding hydrogens is 781 g/mol. The first kappa shape index (κ1) is 34.7. The smallest absolute Gasteiger partial charge is 0.0553 e. The Morgan fingerprint density at radius 2 is 0.778 bits per heavy atom. The van der Waals surface area contributed by atoms with E-state index in [4.69, 9.17) is 0 Å². The molecule has 0 aliphatic rings. The zero-order chi connectivity index (χ0) is 41.2. The highest BCUT2D eigenvalue weighted by Gasteiger charge is 2.21. The van der Waals surface area contributed by atoms with Crippen LogP contribution in [0.1, 0.15) is 0 Å². The van der Waals surface area contributed by atoms with E-state index in [9.17, 15) is 0 Å². The van der Waals surface area contributed by atoms with Gasteiger partial charge in [-0.15, -0.1) is 11.3 Å². The molecule has 2 nitrogen and oxygen atoms in total. The van der Waals surface area contributed by atoms with Gasteiger partial charge in [0.05, 0.1) is 27.8 Å². The Balaban J connectivity index is 1.05. The van der Waals surface area contributed by atoms with Gasteiger partial charge in [0.1, 0.15) is 0 Å². The summed E-state index contributed by atoms with van der Waals surface area (Å²) >= 11 is 1.90. The first-order valence-electron chi connectivity index (χ1n) is 21.7. The third-order valence-electron chi connectivity index (χ3n) is 13.5. The molecular formula is C60H36N2S. The van der Waals surface area contributed by atoms with Crippen molar-refractivity contribution >= 4 is 107 Å². The van der Waals surface area contributed by atoms with Crippen molar-refractivity contribution in [3.63, 3.8) is 0 Å². The third kappa shape index (κ3) is 5.00. The van der Waals surface area contributed by atoms with Crippen LogP contribution in [0.3, 0.4) is 0 Å². The van der Waals surface area contributed by atoms with Crippen LogP contribution < -0.4 is 0 Å². The number of hydrogen-bond acceptors (Lipinski definition) is 1. The lowest BCUT2D eigenvalue weighted by atomic mass is 9.90. The van der Waals surface area contributed by atoms with Crippen molar-refractivity contribution in [1.82, 2.24) is 9.13 Å². The zero-order valence-electron chi connectivity index (χ0n) is 34.1. The van der Waals surface area contributed by atoms with Crippen LogP contribution in [0, 0.1) is 0 Å². The molecule has 0 fully saturated rings. The van der Waals surface area contributed by atoms with Crippen LogP contribution in [0.4, 0.5) is 0 Å². The Morgan fingerprint density at radius 1 is 0.286 bits per heavy atom. The number of benzene rings is 11. The van der Waals surface area contributed by atoms with Crippen LogP contribution in [-0.4, -0.2) is 9.13 Å². The quantitative estimate of drug-likeness (QED) is 0.157. The van der Waals surface area contributed by atoms with E-state index in [0.29, 0.717) is 0 Å². The molecule has 0 atom stereocenters. The fraction of sp³-hybridized carbons (Fsp3) is 0. The summed E-state index contributed by atoms with van der Waals surface area (Å²) in [6, 6.07) is 81.1. The molecule has 0 saturated carbocycles. The monoisotopic (exact) mass is 816 g/mol. The van der Waals surface area contributed by atoms with Crippen molar-refractivity contribution in [3.05, 3.63) is 218 Å². The molecule has 0 N–H and O–H groups in total. The van der Waals surface area contributed by atoms with E-state index < -0.39 is 0 Å². The maximum absolute atomic E-state index is 2.54. The maximum atomic E-state index is 2.54. The molecule has 0 saturated heterocycles. The molecule has 0 radical (unpaired) electrons. The summed E-state index contributed by atoms with van der Waals surface area (Å²) in [4.78, 5) is 0. The summed E-state index contributed by atoms with van der Waals surface area (Å²) in [6.45, 7) is 0. The number of aromatic nitrogens is 2. The lowest BCUT2D eigenvalue weighted by molar-refractivity contribution is 1.18. The number of fused-ring (bicyclic) bond motifs is 15. The predicted octanol–water partition coefficient (Wildman–Crippen LogP) is 17.0. The van der Waals surface area contributed by atoms with Gasteiger partial charge in [-0.2, -0.15) is 0 Å². The van der Waals surface area contributed by atoms with Crippen LogP contribution in [0.5, 0.6) is 0 Å². The highest BCUT2D eigenvalue weighted by molar-refractivity contribution is 7.26. The van der Waals surface area contributed by atoms with Crippen LogP contribution >= 0.6 is 11.3 Å². The number of thiophene rings is 1. The minimum atomic E-state index is 1.17. The van der Waals surface area contributed by atoms with Crippen LogP contribution in [0.2, 0.25) is 0 Å². The standard InChI is InChI=1S/C60H36N2S/c1-2-15-40(16-3-1)61-53-26-11-8-20-45(53)50-33-37(29-31-55(50)61)38-30-32-56-51(34-38)46-21-9-12-27-54(46)62(56)57-36-39(41-24-14-25-49-47-22-10-13-28-58(47)63-60(41)49)35-52-44-19-5-4-17-42(44)43-18-6-7-23-48(43)59(52)57/h1-36H. The molecule has 3 aromatic heterocycles. The molecule has 0 amide bonds. The van der Waals surface area contributed by atoms with Gasteiger partial charge in [-0.05, 0) is 116 Å². The molecule has 0 aliphatic carbocycles. The fourth-order valence-corrected chi connectivity index (χ4v) is 12.0. The van der Waals surface area contributed by atoms with Gasteiger partial charge in [0.25, 0.3) is 0 Å². The van der Waals surface area contributed by atoms with Gasteiger partial charge in [0, 0.05) is 52.8 Å². The largest absolute Gasteiger partial charge is 0.309 e. The lowest BCUT2D eigenvalue weighted by Crippen LogP contribution is -1.98. The summed E-state index contributed by atoms with van der Waals surface area (Å²) < 4.78 is 7.57. The van der Waals surface area contributed by atoms with E-state index in [2.05, 4.69) is 228 Å². The first-order chi connectivity index (χ1) is 31.3. The van der Waals surface area contributed by atoms with Crippen molar-refractivity contribution in [2.75, 3.05) is 0 Å². The van der Waals surface area contributed by atoms with E-state index in [0.717, 1.165) is 0 Å². The minimum Gasteiger partial charge on any atom is -0.309 e. The van der Waals surface area contributed by atoms with Crippen molar-refractivity contribution in [2.24, 2.45) is 0 Å². The average molecular weight is 817 g/mol. The van der Waals surface area contributed by atoms with E-state index >= 15 is 0 Å². The molecule has 3 heterocycles. The Labute approximate surface area is 366 Å². The Morgan fingerprint density at radius 3 is 1.48 bits per heavy atom. The topological polar surface area (TPSA) is 9.86 Å². The summed E-state index contributed by atoms with van der Waals surface area (Å²) in [5.41, 5.74) is 12.1. The van der Waals surface area contributed by atoms with Gasteiger partial charge in [0.15, 0.2) is 0 Å². The molecule has 0 aliphatic heterocycles. The van der Waals surface area contributed by atoms with Crippen molar-refractivity contribution in [3.8, 4) is 33.6 Å². The van der Waals surface area contributed by atoms with E-state index in [1.165, 1.54) is 130 Å². The second-order valence-corrected chi connectivity index (χ2v) is 17.8. The second kappa shape index (κ2) is 13.3. The van der Waals surface area contributed by atoms with Gasteiger partial charge in [-0.25, -0.2) is 0 Å². The van der Waals surface area contributed by atoms with E-state index in [1.54, 1.807) is 0 Å². The summed E-state index contributed by atoms with van der Waals surface area (Å²) in [5, 5.41) is 15.2. The van der Waals surface area contributed by atoms with E-state index in [1.807, 2.05) is 11.3 Å². The Kier molecular flexibility index (Phi) is 7.30. The molecule has 0 unspecified atom stereocenters. The molecule has 3 heteroatoms. The molecule has 0 spiro atoms. The highest BCUT2D eigenvalue weighted by Crippen LogP contribution is 2.47. The van der Waals surface area contributed by atoms with Crippen molar-refractivity contribution in [2.45, 2.75) is 0 Å². The molecule has 292 valence electrons. The number of rotatable bonds is 4. The highest BCUT2D eigenvalue weighted by atomic mass is 32.1. The number of hydrogen-bond donors (Lipinski definition) is 0. The normalized spacial score (nSPS) is 12.1. The number of nitrogens with zero attached hydrogens (tertiary/aromatic N) is 2. The second-order valence-electron chi connectivity index (χ2n) is 16.8. The van der Waals surface area contributed by atoms with Crippen LogP contribution in [0.15, 0.2) is 218 Å². The van der Waals surface area contributed by atoms with Gasteiger partial charge in [0.2, 0.25) is 0 Å². The molecule has 63 heavy (non-hydrogen) atoms. The Bertz CT molecular complexity index is 4200. The van der Waals surface area contributed by atoms with Crippen LogP contribution in [-0.2, 0) is 0 Å². The van der Waals surface area contributed by atoms with Gasteiger partial charge in [-0.3, -0.25) is 0 Å². The van der Waals surface area contributed by atoms with Gasteiger partial charge < -0.3 is 9.13 Å².